The highest BCUT2D eigenvalue weighted by Crippen LogP contribution is 2.33. The first-order chi connectivity index (χ1) is 11.9. The first-order valence-corrected chi connectivity index (χ1v) is 8.93. The highest BCUT2D eigenvalue weighted by Gasteiger charge is 2.30. The van der Waals surface area contributed by atoms with Crippen molar-refractivity contribution < 1.29 is 9.66 Å². The van der Waals surface area contributed by atoms with Gasteiger partial charge in [-0.05, 0) is 26.7 Å². The van der Waals surface area contributed by atoms with Crippen LogP contribution in [0.2, 0.25) is 0 Å². The first kappa shape index (κ1) is 17.7. The Morgan fingerprint density at radius 3 is 2.44 bits per heavy atom. The Morgan fingerprint density at radius 1 is 1.20 bits per heavy atom. The Balaban J connectivity index is 1.90. The quantitative estimate of drug-likeness (QED) is 0.627. The van der Waals surface area contributed by atoms with Gasteiger partial charge < -0.3 is 20.7 Å². The van der Waals surface area contributed by atoms with E-state index in [4.69, 9.17) is 10.5 Å². The van der Waals surface area contributed by atoms with Gasteiger partial charge in [0.2, 0.25) is 17.6 Å². The van der Waals surface area contributed by atoms with E-state index in [0.717, 1.165) is 25.7 Å². The van der Waals surface area contributed by atoms with E-state index in [-0.39, 0.29) is 35.6 Å². The summed E-state index contributed by atoms with van der Waals surface area (Å²) in [7, 11) is 0. The van der Waals surface area contributed by atoms with E-state index < -0.39 is 4.92 Å². The van der Waals surface area contributed by atoms with Crippen molar-refractivity contribution in [1.29, 1.82) is 0 Å². The average molecular weight is 350 g/mol. The lowest BCUT2D eigenvalue weighted by Gasteiger charge is -2.35. The number of nitrogen functional groups attached to an aromatic ring is 1. The highest BCUT2D eigenvalue weighted by molar-refractivity contribution is 5.70. The third-order valence-electron chi connectivity index (χ3n) is 4.73. The van der Waals surface area contributed by atoms with Crippen LogP contribution in [0.1, 0.15) is 46.0 Å². The predicted octanol–water partition coefficient (Wildman–Crippen LogP) is 2.33. The molecule has 3 N–H and O–H groups in total. The summed E-state index contributed by atoms with van der Waals surface area (Å²) < 4.78 is 5.73. The minimum Gasteiger partial charge on any atom is -0.378 e. The van der Waals surface area contributed by atoms with Crippen LogP contribution in [0.3, 0.4) is 0 Å². The van der Waals surface area contributed by atoms with E-state index >= 15 is 0 Å². The van der Waals surface area contributed by atoms with Crippen LogP contribution >= 0.6 is 0 Å². The molecule has 9 heteroatoms. The largest absolute Gasteiger partial charge is 0.378 e. The van der Waals surface area contributed by atoms with Gasteiger partial charge in [-0.3, -0.25) is 10.1 Å². The molecule has 2 unspecified atom stereocenters. The van der Waals surface area contributed by atoms with Crippen molar-refractivity contribution in [3.05, 3.63) is 10.1 Å². The van der Waals surface area contributed by atoms with E-state index in [1.54, 1.807) is 0 Å². The summed E-state index contributed by atoms with van der Waals surface area (Å²) in [6, 6.07) is 0.192. The summed E-state index contributed by atoms with van der Waals surface area (Å²) in [5.74, 6) is 0.551. The maximum absolute atomic E-state index is 11.4. The molecule has 9 nitrogen and oxygen atoms in total. The predicted molar refractivity (Wildman–Crippen MR) is 95.8 cm³/mol. The van der Waals surface area contributed by atoms with Crippen LogP contribution in [-0.4, -0.2) is 46.2 Å². The van der Waals surface area contributed by atoms with E-state index in [1.165, 1.54) is 6.42 Å². The molecule has 2 atom stereocenters. The lowest BCUT2D eigenvalue weighted by Crippen LogP contribution is -2.46. The molecule has 1 aromatic rings. The molecule has 2 aliphatic rings. The lowest BCUT2D eigenvalue weighted by molar-refractivity contribution is -0.383. The molecule has 3 rings (SSSR count). The molecule has 1 aliphatic heterocycles. The second-order valence-electron chi connectivity index (χ2n) is 7.00. The van der Waals surface area contributed by atoms with Gasteiger partial charge in [0.1, 0.15) is 0 Å². The maximum atomic E-state index is 11.4. The number of rotatable bonds is 4. The summed E-state index contributed by atoms with van der Waals surface area (Å²) >= 11 is 0. The topological polar surface area (TPSA) is 119 Å². The van der Waals surface area contributed by atoms with Crippen molar-refractivity contribution in [2.24, 2.45) is 0 Å². The van der Waals surface area contributed by atoms with Crippen molar-refractivity contribution in [3.8, 4) is 0 Å². The van der Waals surface area contributed by atoms with Gasteiger partial charge in [0.25, 0.3) is 0 Å². The fourth-order valence-electron chi connectivity index (χ4n) is 3.66. The Hall–Kier alpha value is -2.16. The number of nitro groups is 1. The number of aromatic nitrogens is 2. The second-order valence-corrected chi connectivity index (χ2v) is 7.00. The first-order valence-electron chi connectivity index (χ1n) is 8.93. The second kappa shape index (κ2) is 7.38. The van der Waals surface area contributed by atoms with E-state index in [1.807, 2.05) is 18.7 Å². The highest BCUT2D eigenvalue weighted by atomic mass is 16.6. The molecule has 0 bridgehead atoms. The number of morpholine rings is 1. The molecular weight excluding hydrogens is 324 g/mol. The van der Waals surface area contributed by atoms with Crippen LogP contribution in [0, 0.1) is 10.1 Å². The smallest absolute Gasteiger partial charge is 0.353 e. The zero-order valence-electron chi connectivity index (χ0n) is 14.8. The van der Waals surface area contributed by atoms with Crippen LogP contribution in [0.4, 0.5) is 23.3 Å². The van der Waals surface area contributed by atoms with Gasteiger partial charge in [0.05, 0.1) is 17.1 Å². The minimum absolute atomic E-state index is 0.0403. The maximum Gasteiger partial charge on any atom is 0.353 e. The van der Waals surface area contributed by atoms with Crippen molar-refractivity contribution in [3.63, 3.8) is 0 Å². The van der Waals surface area contributed by atoms with E-state index in [2.05, 4.69) is 15.3 Å². The number of ether oxygens (including phenoxy) is 1. The van der Waals surface area contributed by atoms with Crippen molar-refractivity contribution in [2.45, 2.75) is 64.2 Å². The standard InChI is InChI=1S/C16H26N6O3/c1-10-8-21(9-11(2)25-10)16-19-14(17)13(22(23)24)15(20-16)18-12-6-4-3-5-7-12/h10-12H,3-9H2,1-2H3,(H3,17,18,19,20). The van der Waals surface area contributed by atoms with Gasteiger partial charge >= 0.3 is 5.69 Å². The Morgan fingerprint density at radius 2 is 1.84 bits per heavy atom. The van der Waals surface area contributed by atoms with E-state index in [0.29, 0.717) is 19.0 Å². The number of hydrogen-bond donors (Lipinski definition) is 2. The van der Waals surface area contributed by atoms with Gasteiger partial charge in [-0.1, -0.05) is 19.3 Å². The molecule has 0 radical (unpaired) electrons. The number of hydrogen-bond acceptors (Lipinski definition) is 8. The Labute approximate surface area is 147 Å². The number of nitrogens with one attached hydrogen (secondary N) is 1. The summed E-state index contributed by atoms with van der Waals surface area (Å²) in [5, 5.41) is 14.7. The average Bonchev–Trinajstić information content (AvgIpc) is 2.54. The number of nitrogens with zero attached hydrogens (tertiary/aromatic N) is 4. The Bertz CT molecular complexity index is 625. The van der Waals surface area contributed by atoms with Crippen LogP contribution in [-0.2, 0) is 4.74 Å². The number of nitrogens with two attached hydrogens (primary N) is 1. The van der Waals surface area contributed by atoms with Crippen molar-refractivity contribution in [1.82, 2.24) is 9.97 Å². The molecule has 2 fully saturated rings. The van der Waals surface area contributed by atoms with Crippen LogP contribution < -0.4 is 16.0 Å². The fraction of sp³-hybridized carbons (Fsp3) is 0.750. The molecule has 0 spiro atoms. The molecule has 1 saturated carbocycles. The third kappa shape index (κ3) is 4.09. The van der Waals surface area contributed by atoms with Crippen molar-refractivity contribution >= 4 is 23.3 Å². The van der Waals surface area contributed by atoms with Gasteiger partial charge in [-0.2, -0.15) is 9.97 Å². The SMILES string of the molecule is CC1CN(c2nc(N)c([N+](=O)[O-])c(NC3CCCCC3)n2)CC(C)O1. The summed E-state index contributed by atoms with van der Waals surface area (Å²) in [4.78, 5) is 21.6. The van der Waals surface area contributed by atoms with Gasteiger partial charge in [0.15, 0.2) is 0 Å². The molecular formula is C16H26N6O3. The van der Waals surface area contributed by atoms with Crippen LogP contribution in [0.25, 0.3) is 0 Å². The normalized spacial score (nSPS) is 25.0. The molecule has 0 amide bonds. The summed E-state index contributed by atoms with van der Waals surface area (Å²) in [6.07, 6.45) is 5.51. The minimum atomic E-state index is -0.505. The van der Waals surface area contributed by atoms with Gasteiger partial charge in [-0.15, -0.1) is 0 Å². The molecule has 2 heterocycles. The molecule has 138 valence electrons. The van der Waals surface area contributed by atoms with Crippen LogP contribution in [0.15, 0.2) is 0 Å². The molecule has 0 aromatic carbocycles. The fourth-order valence-corrected chi connectivity index (χ4v) is 3.66. The molecule has 1 aliphatic carbocycles. The monoisotopic (exact) mass is 350 g/mol. The zero-order chi connectivity index (χ0) is 18.0. The lowest BCUT2D eigenvalue weighted by atomic mass is 9.95. The summed E-state index contributed by atoms with van der Waals surface area (Å²) in [5.41, 5.74) is 5.68. The molecule has 25 heavy (non-hydrogen) atoms. The van der Waals surface area contributed by atoms with E-state index in [9.17, 15) is 10.1 Å². The third-order valence-corrected chi connectivity index (χ3v) is 4.73. The number of anilines is 3. The van der Waals surface area contributed by atoms with Gasteiger partial charge in [-0.25, -0.2) is 0 Å². The zero-order valence-corrected chi connectivity index (χ0v) is 14.8. The van der Waals surface area contributed by atoms with Crippen molar-refractivity contribution in [2.75, 3.05) is 29.0 Å². The Kier molecular flexibility index (Phi) is 5.22. The molecule has 1 aromatic heterocycles. The van der Waals surface area contributed by atoms with Gasteiger partial charge in [0, 0.05) is 19.1 Å². The summed E-state index contributed by atoms with van der Waals surface area (Å²) in [6.45, 7) is 5.23. The van der Waals surface area contributed by atoms with Crippen LogP contribution in [0.5, 0.6) is 0 Å². The molecule has 1 saturated heterocycles.